The van der Waals surface area contributed by atoms with Crippen molar-refractivity contribution in [3.05, 3.63) is 22.2 Å². The summed E-state index contributed by atoms with van der Waals surface area (Å²) >= 11 is 1.08. The van der Waals surface area contributed by atoms with Crippen LogP contribution in [0.25, 0.3) is 0 Å². The molecule has 0 heterocycles. The van der Waals surface area contributed by atoms with Gasteiger partial charge in [0.05, 0.1) is 7.11 Å². The summed E-state index contributed by atoms with van der Waals surface area (Å²) in [7, 11) is 8.53. The second-order valence-electron chi connectivity index (χ2n) is 3.62. The largest absolute Gasteiger partial charge is 0.465 e. The van der Waals surface area contributed by atoms with Gasteiger partial charge in [-0.25, -0.2) is 4.79 Å². The van der Waals surface area contributed by atoms with E-state index in [-0.39, 0.29) is 0 Å². The molecule has 0 aliphatic carbocycles. The molecule has 0 aliphatic heterocycles. The predicted molar refractivity (Wildman–Crippen MR) is 68.8 cm³/mol. The monoisotopic (exact) mass is 255 g/mol. The summed E-state index contributed by atoms with van der Waals surface area (Å²) in [6.07, 6.45) is 3.27. The fourth-order valence-corrected chi connectivity index (χ4v) is 1.86. The van der Waals surface area contributed by atoms with Gasteiger partial charge < -0.3 is 14.5 Å². The third-order valence-corrected chi connectivity index (χ3v) is 2.38. The standard InChI is InChI=1S/C11H17N3O2S/c1-13(2)7-9(6-12)17-10(8-14(3)4)11(15)16-5/h7-8H,1-5H3/b9-7+,10-8+. The molecular weight excluding hydrogens is 238 g/mol. The summed E-state index contributed by atoms with van der Waals surface area (Å²) in [6, 6.07) is 2.03. The summed E-state index contributed by atoms with van der Waals surface area (Å²) in [5.41, 5.74) is 0. The van der Waals surface area contributed by atoms with Crippen LogP contribution >= 0.6 is 11.8 Å². The highest BCUT2D eigenvalue weighted by Gasteiger charge is 2.13. The Bertz CT molecular complexity index is 367. The van der Waals surface area contributed by atoms with Crippen LogP contribution in [0.1, 0.15) is 0 Å². The number of carbonyl (C=O) groups excluding carboxylic acids is 1. The van der Waals surface area contributed by atoms with Gasteiger partial charge in [-0.2, -0.15) is 5.26 Å². The van der Waals surface area contributed by atoms with Gasteiger partial charge in [0.15, 0.2) is 0 Å². The van der Waals surface area contributed by atoms with Crippen molar-refractivity contribution in [2.45, 2.75) is 0 Å². The molecule has 0 rings (SSSR count). The highest BCUT2D eigenvalue weighted by Crippen LogP contribution is 2.26. The normalized spacial score (nSPS) is 11.8. The number of allylic oxidation sites excluding steroid dienone is 1. The SMILES string of the molecule is COC(=O)/C(=C\N(C)C)S/C(C#N)=C/N(C)C. The number of carbonyl (C=O) groups is 1. The van der Waals surface area contributed by atoms with Crippen molar-refractivity contribution < 1.29 is 9.53 Å². The summed E-state index contributed by atoms with van der Waals surface area (Å²) in [4.78, 5) is 15.8. The molecule has 0 unspecified atom stereocenters. The fraction of sp³-hybridized carbons (Fsp3) is 0.455. The molecule has 0 saturated carbocycles. The molecule has 0 aromatic rings. The Kier molecular flexibility index (Phi) is 6.91. The molecule has 0 amide bonds. The van der Waals surface area contributed by atoms with Crippen LogP contribution < -0.4 is 0 Å². The van der Waals surface area contributed by atoms with E-state index in [0.717, 1.165) is 11.8 Å². The number of hydrogen-bond acceptors (Lipinski definition) is 6. The highest BCUT2D eigenvalue weighted by molar-refractivity contribution is 8.07. The summed E-state index contributed by atoms with van der Waals surface area (Å²) in [5.74, 6) is -0.455. The summed E-state index contributed by atoms with van der Waals surface area (Å²) < 4.78 is 4.66. The van der Waals surface area contributed by atoms with E-state index in [1.54, 1.807) is 36.3 Å². The van der Waals surface area contributed by atoms with E-state index in [1.165, 1.54) is 7.11 Å². The highest BCUT2D eigenvalue weighted by atomic mass is 32.2. The first-order valence-electron chi connectivity index (χ1n) is 4.83. The lowest BCUT2D eigenvalue weighted by Gasteiger charge is -2.10. The van der Waals surface area contributed by atoms with Gasteiger partial charge in [0.2, 0.25) is 0 Å². The van der Waals surface area contributed by atoms with E-state index < -0.39 is 5.97 Å². The van der Waals surface area contributed by atoms with Gasteiger partial charge in [-0.15, -0.1) is 0 Å². The number of nitriles is 1. The number of hydrogen-bond donors (Lipinski definition) is 0. The van der Waals surface area contributed by atoms with Crippen LogP contribution in [0.5, 0.6) is 0 Å². The fourth-order valence-electron chi connectivity index (χ4n) is 0.887. The first kappa shape index (κ1) is 15.4. The van der Waals surface area contributed by atoms with Gasteiger partial charge in [-0.3, -0.25) is 0 Å². The summed E-state index contributed by atoms with van der Waals surface area (Å²) in [5, 5.41) is 8.95. The second kappa shape index (κ2) is 7.63. The minimum atomic E-state index is -0.455. The summed E-state index contributed by atoms with van der Waals surface area (Å²) in [6.45, 7) is 0. The molecule has 0 atom stereocenters. The molecule has 0 aliphatic rings. The first-order chi connectivity index (χ1) is 7.90. The second-order valence-corrected chi connectivity index (χ2v) is 4.70. The van der Waals surface area contributed by atoms with E-state index >= 15 is 0 Å². The van der Waals surface area contributed by atoms with Crippen molar-refractivity contribution in [1.82, 2.24) is 9.80 Å². The van der Waals surface area contributed by atoms with Gasteiger partial charge in [-0.05, 0) is 0 Å². The van der Waals surface area contributed by atoms with Gasteiger partial charge in [0, 0.05) is 40.6 Å². The zero-order valence-electron chi connectivity index (χ0n) is 10.7. The van der Waals surface area contributed by atoms with E-state index in [9.17, 15) is 4.79 Å². The number of nitrogens with zero attached hydrogens (tertiary/aromatic N) is 3. The van der Waals surface area contributed by atoms with Crippen molar-refractivity contribution in [3.8, 4) is 6.07 Å². The molecule has 0 bridgehead atoms. The Morgan fingerprint density at radius 1 is 1.24 bits per heavy atom. The maximum absolute atomic E-state index is 11.5. The van der Waals surface area contributed by atoms with Crippen molar-refractivity contribution >= 4 is 17.7 Å². The van der Waals surface area contributed by atoms with Crippen LogP contribution in [0.3, 0.4) is 0 Å². The van der Waals surface area contributed by atoms with Crippen LogP contribution in [0, 0.1) is 11.3 Å². The van der Waals surface area contributed by atoms with Gasteiger partial charge in [0.1, 0.15) is 15.9 Å². The first-order valence-corrected chi connectivity index (χ1v) is 5.65. The molecule has 5 nitrogen and oxygen atoms in total. The molecule has 0 fully saturated rings. The molecule has 0 N–H and O–H groups in total. The minimum Gasteiger partial charge on any atom is -0.465 e. The lowest BCUT2D eigenvalue weighted by Crippen LogP contribution is -2.09. The molecule has 0 spiro atoms. The zero-order valence-corrected chi connectivity index (χ0v) is 11.5. The predicted octanol–water partition coefficient (Wildman–Crippen LogP) is 1.22. The lowest BCUT2D eigenvalue weighted by molar-refractivity contribution is -0.135. The maximum atomic E-state index is 11.5. The van der Waals surface area contributed by atoms with Gasteiger partial charge in [0.25, 0.3) is 0 Å². The van der Waals surface area contributed by atoms with Crippen LogP contribution in [0.4, 0.5) is 0 Å². The molecule has 0 aromatic heterocycles. The smallest absolute Gasteiger partial charge is 0.346 e. The van der Waals surface area contributed by atoms with E-state index in [1.807, 2.05) is 20.2 Å². The van der Waals surface area contributed by atoms with Crippen LogP contribution in [-0.2, 0) is 9.53 Å². The minimum absolute atomic E-state index is 0.368. The number of methoxy groups -OCH3 is 1. The Morgan fingerprint density at radius 3 is 2.12 bits per heavy atom. The molecule has 0 saturated heterocycles. The van der Waals surface area contributed by atoms with E-state index in [4.69, 9.17) is 5.26 Å². The average Bonchev–Trinajstić information content (AvgIpc) is 2.24. The number of thioether (sulfide) groups is 1. The molecular formula is C11H17N3O2S. The van der Waals surface area contributed by atoms with E-state index in [2.05, 4.69) is 4.74 Å². The third-order valence-electron chi connectivity index (χ3n) is 1.47. The Hall–Kier alpha value is -1.61. The van der Waals surface area contributed by atoms with Crippen molar-refractivity contribution in [1.29, 1.82) is 5.26 Å². The maximum Gasteiger partial charge on any atom is 0.346 e. The van der Waals surface area contributed by atoms with Crippen LogP contribution in [-0.4, -0.2) is 51.1 Å². The Labute approximate surface area is 106 Å². The molecule has 0 radical (unpaired) electrons. The van der Waals surface area contributed by atoms with E-state index in [0.29, 0.717) is 9.81 Å². The number of rotatable bonds is 5. The molecule has 17 heavy (non-hydrogen) atoms. The van der Waals surface area contributed by atoms with Gasteiger partial charge >= 0.3 is 5.97 Å². The quantitative estimate of drug-likeness (QED) is 0.418. The molecule has 6 heteroatoms. The lowest BCUT2D eigenvalue weighted by atomic mass is 10.6. The zero-order chi connectivity index (χ0) is 13.4. The number of esters is 1. The van der Waals surface area contributed by atoms with Crippen molar-refractivity contribution in [3.63, 3.8) is 0 Å². The average molecular weight is 255 g/mol. The topological polar surface area (TPSA) is 56.6 Å². The number of ether oxygens (including phenoxy) is 1. The van der Waals surface area contributed by atoms with Crippen LogP contribution in [0.2, 0.25) is 0 Å². The van der Waals surface area contributed by atoms with Crippen LogP contribution in [0.15, 0.2) is 22.2 Å². The molecule has 94 valence electrons. The molecule has 0 aromatic carbocycles. The third kappa shape index (κ3) is 6.53. The Balaban J connectivity index is 5.00. The van der Waals surface area contributed by atoms with Crippen molar-refractivity contribution in [2.24, 2.45) is 0 Å². The van der Waals surface area contributed by atoms with Crippen molar-refractivity contribution in [2.75, 3.05) is 35.3 Å². The van der Waals surface area contributed by atoms with Gasteiger partial charge in [-0.1, -0.05) is 11.8 Å². The Morgan fingerprint density at radius 2 is 1.76 bits per heavy atom.